The molecule has 29 heavy (non-hydrogen) atoms. The molecule has 4 aromatic rings. The van der Waals surface area contributed by atoms with Crippen molar-refractivity contribution in [3.05, 3.63) is 76.9 Å². The van der Waals surface area contributed by atoms with Crippen LogP contribution in [0.4, 0.5) is 0 Å². The zero-order valence-electron chi connectivity index (χ0n) is 15.5. The molecule has 0 bridgehead atoms. The van der Waals surface area contributed by atoms with E-state index in [1.807, 2.05) is 42.5 Å². The summed E-state index contributed by atoms with van der Waals surface area (Å²) in [5, 5.41) is 14.4. The summed E-state index contributed by atoms with van der Waals surface area (Å²) in [4.78, 5) is 4.50. The summed E-state index contributed by atoms with van der Waals surface area (Å²) in [7, 11) is 0. The van der Waals surface area contributed by atoms with Crippen molar-refractivity contribution in [1.82, 2.24) is 24.9 Å². The fraction of sp³-hybridized carbons (Fsp3) is 0.238. The number of thioether (sulfide) groups is 1. The van der Waals surface area contributed by atoms with E-state index in [4.69, 9.17) is 16.1 Å². The first-order valence-corrected chi connectivity index (χ1v) is 10.8. The molecule has 0 aliphatic heterocycles. The summed E-state index contributed by atoms with van der Waals surface area (Å²) in [5.41, 5.74) is 2.03. The quantitative estimate of drug-likeness (QED) is 0.380. The van der Waals surface area contributed by atoms with Crippen LogP contribution in [-0.4, -0.2) is 24.9 Å². The average molecular weight is 424 g/mol. The Labute approximate surface area is 177 Å². The van der Waals surface area contributed by atoms with Crippen molar-refractivity contribution in [2.24, 2.45) is 0 Å². The number of aromatic nitrogens is 5. The average Bonchev–Trinajstić information content (AvgIpc) is 3.36. The van der Waals surface area contributed by atoms with E-state index in [2.05, 4.69) is 37.0 Å². The van der Waals surface area contributed by atoms with Crippen LogP contribution in [0.2, 0.25) is 5.02 Å². The Morgan fingerprint density at radius 2 is 1.83 bits per heavy atom. The van der Waals surface area contributed by atoms with Gasteiger partial charge in [-0.3, -0.25) is 4.57 Å². The highest BCUT2D eigenvalue weighted by Gasteiger charge is 2.29. The zero-order chi connectivity index (χ0) is 19.6. The zero-order valence-corrected chi connectivity index (χ0v) is 17.1. The minimum atomic E-state index is 0.454. The maximum atomic E-state index is 6.43. The molecule has 5 rings (SSSR count). The van der Waals surface area contributed by atoms with Crippen LogP contribution >= 0.6 is 23.4 Å². The molecule has 0 spiro atoms. The van der Waals surface area contributed by atoms with E-state index in [1.54, 1.807) is 11.8 Å². The van der Waals surface area contributed by atoms with E-state index >= 15 is 0 Å². The molecule has 0 unspecified atom stereocenters. The van der Waals surface area contributed by atoms with Crippen LogP contribution in [0.25, 0.3) is 11.4 Å². The summed E-state index contributed by atoms with van der Waals surface area (Å²) in [5.74, 6) is 3.21. The number of benzene rings is 2. The Kier molecular flexibility index (Phi) is 5.08. The lowest BCUT2D eigenvalue weighted by Gasteiger charge is -2.11. The van der Waals surface area contributed by atoms with Crippen molar-refractivity contribution >= 4 is 23.4 Å². The predicted octanol–water partition coefficient (Wildman–Crippen LogP) is 5.20. The smallest absolute Gasteiger partial charge is 0.229 e. The molecule has 0 saturated heterocycles. The van der Waals surface area contributed by atoms with Crippen LogP contribution in [-0.2, 0) is 12.3 Å². The van der Waals surface area contributed by atoms with E-state index in [1.165, 1.54) is 0 Å². The van der Waals surface area contributed by atoms with Crippen molar-refractivity contribution in [3.8, 4) is 11.4 Å². The molecule has 2 aromatic heterocycles. The molecule has 0 atom stereocenters. The number of nitrogens with zero attached hydrogens (tertiary/aromatic N) is 5. The maximum absolute atomic E-state index is 6.43. The Balaban J connectivity index is 1.44. The third-order valence-electron chi connectivity index (χ3n) is 4.76. The molecule has 2 heterocycles. The van der Waals surface area contributed by atoms with Crippen molar-refractivity contribution in [3.63, 3.8) is 0 Å². The van der Waals surface area contributed by atoms with Gasteiger partial charge in [-0.2, -0.15) is 4.98 Å². The van der Waals surface area contributed by atoms with Gasteiger partial charge in [-0.25, -0.2) is 0 Å². The molecule has 8 heteroatoms. The Morgan fingerprint density at radius 3 is 2.62 bits per heavy atom. The second-order valence-electron chi connectivity index (χ2n) is 6.97. The molecule has 146 valence electrons. The van der Waals surface area contributed by atoms with E-state index in [-0.39, 0.29) is 0 Å². The van der Waals surface area contributed by atoms with Gasteiger partial charge >= 0.3 is 0 Å². The summed E-state index contributed by atoms with van der Waals surface area (Å²) < 4.78 is 7.44. The molecule has 1 fully saturated rings. The fourth-order valence-electron chi connectivity index (χ4n) is 3.10. The van der Waals surface area contributed by atoms with Gasteiger partial charge in [0.2, 0.25) is 5.89 Å². The van der Waals surface area contributed by atoms with Gasteiger partial charge in [-0.05, 0) is 30.5 Å². The number of hydrogen-bond donors (Lipinski definition) is 0. The van der Waals surface area contributed by atoms with E-state index in [9.17, 15) is 0 Å². The Morgan fingerprint density at radius 1 is 1.03 bits per heavy atom. The largest absolute Gasteiger partial charge is 0.339 e. The van der Waals surface area contributed by atoms with Gasteiger partial charge in [0.05, 0.1) is 17.3 Å². The van der Waals surface area contributed by atoms with Gasteiger partial charge in [0, 0.05) is 11.5 Å². The van der Waals surface area contributed by atoms with Gasteiger partial charge in [0.25, 0.3) is 0 Å². The van der Waals surface area contributed by atoms with Crippen LogP contribution in [0, 0.1) is 0 Å². The lowest BCUT2D eigenvalue weighted by Crippen LogP contribution is -2.04. The normalized spacial score (nSPS) is 13.7. The highest BCUT2D eigenvalue weighted by molar-refractivity contribution is 7.98. The van der Waals surface area contributed by atoms with Gasteiger partial charge in [-0.1, -0.05) is 71.0 Å². The second kappa shape index (κ2) is 8.00. The monoisotopic (exact) mass is 423 g/mol. The number of hydrogen-bond acceptors (Lipinski definition) is 6. The first-order valence-electron chi connectivity index (χ1n) is 9.45. The number of rotatable bonds is 7. The molecule has 0 N–H and O–H groups in total. The third kappa shape index (κ3) is 4.06. The standard InChI is InChI=1S/C21H18ClN5OS/c22-17-9-5-4-8-16(17)19-24-25-21(27(19)12-14-6-2-1-3-7-14)29-13-18-23-20(28-26-18)15-10-11-15/h1-9,15H,10-13H2. The first kappa shape index (κ1) is 18.4. The van der Waals surface area contributed by atoms with Crippen molar-refractivity contribution in [1.29, 1.82) is 0 Å². The maximum Gasteiger partial charge on any atom is 0.229 e. The molecule has 1 saturated carbocycles. The fourth-order valence-corrected chi connectivity index (χ4v) is 4.10. The molecule has 2 aromatic carbocycles. The number of halogens is 1. The summed E-state index contributed by atoms with van der Waals surface area (Å²) in [6.07, 6.45) is 2.28. The van der Waals surface area contributed by atoms with E-state index < -0.39 is 0 Å². The van der Waals surface area contributed by atoms with Crippen LogP contribution in [0.3, 0.4) is 0 Å². The topological polar surface area (TPSA) is 69.6 Å². The lowest BCUT2D eigenvalue weighted by molar-refractivity contribution is 0.375. The molecule has 6 nitrogen and oxygen atoms in total. The SMILES string of the molecule is Clc1ccccc1-c1nnc(SCc2noc(C3CC3)n2)n1Cc1ccccc1. The Hall–Kier alpha value is -2.64. The van der Waals surface area contributed by atoms with Gasteiger partial charge in [0.1, 0.15) is 0 Å². The first-order chi connectivity index (χ1) is 14.3. The highest BCUT2D eigenvalue weighted by Crippen LogP contribution is 2.39. The van der Waals surface area contributed by atoms with Crippen molar-refractivity contribution in [2.75, 3.05) is 0 Å². The lowest BCUT2D eigenvalue weighted by atomic mass is 10.2. The minimum absolute atomic E-state index is 0.454. The predicted molar refractivity (Wildman–Crippen MR) is 112 cm³/mol. The molecule has 1 aliphatic carbocycles. The summed E-state index contributed by atoms with van der Waals surface area (Å²) >= 11 is 7.98. The Bertz CT molecular complexity index is 1120. The van der Waals surface area contributed by atoms with Gasteiger partial charge < -0.3 is 4.52 Å². The summed E-state index contributed by atoms with van der Waals surface area (Å²) in [6, 6.07) is 17.9. The van der Waals surface area contributed by atoms with Gasteiger partial charge in [0.15, 0.2) is 16.8 Å². The van der Waals surface area contributed by atoms with Crippen molar-refractivity contribution < 1.29 is 4.52 Å². The van der Waals surface area contributed by atoms with Crippen LogP contribution in [0.15, 0.2) is 64.3 Å². The van der Waals surface area contributed by atoms with Gasteiger partial charge in [-0.15, -0.1) is 10.2 Å². The molecule has 0 amide bonds. The molecule has 1 aliphatic rings. The minimum Gasteiger partial charge on any atom is -0.339 e. The summed E-state index contributed by atoms with van der Waals surface area (Å²) in [6.45, 7) is 0.649. The third-order valence-corrected chi connectivity index (χ3v) is 6.05. The van der Waals surface area contributed by atoms with Crippen LogP contribution in [0.1, 0.15) is 36.0 Å². The van der Waals surface area contributed by atoms with E-state index in [0.29, 0.717) is 29.1 Å². The van der Waals surface area contributed by atoms with Crippen LogP contribution < -0.4 is 0 Å². The molecular weight excluding hydrogens is 406 g/mol. The van der Waals surface area contributed by atoms with Crippen molar-refractivity contribution in [2.45, 2.75) is 36.2 Å². The molecule has 0 radical (unpaired) electrons. The molecular formula is C21H18ClN5OS. The highest BCUT2D eigenvalue weighted by atomic mass is 35.5. The second-order valence-corrected chi connectivity index (χ2v) is 8.32. The van der Waals surface area contributed by atoms with E-state index in [0.717, 1.165) is 40.8 Å². The van der Waals surface area contributed by atoms with Crippen LogP contribution in [0.5, 0.6) is 0 Å².